The van der Waals surface area contributed by atoms with E-state index in [2.05, 4.69) is 4.36 Å². The molecule has 0 heterocycles. The van der Waals surface area contributed by atoms with Crippen molar-refractivity contribution in [2.24, 2.45) is 4.36 Å². The number of rotatable bonds is 0. The molecule has 0 aliphatic carbocycles. The molecule has 0 amide bonds. The van der Waals surface area contributed by atoms with E-state index in [9.17, 15) is 0 Å². The minimum absolute atomic E-state index is 0.0517. The lowest BCUT2D eigenvalue weighted by atomic mass is 11.5. The maximum absolute atomic E-state index is 7.83. The van der Waals surface area contributed by atoms with Crippen LogP contribution in [0.2, 0.25) is 0 Å². The van der Waals surface area contributed by atoms with Crippen LogP contribution in [-0.2, 0) is 10.7 Å². The molecular formula is C3H6N2S. The standard InChI is InChI=1S/C3H6N2S/c1-6(2)5-3-4/h1-2H3. The number of nitriles is 1. The molecule has 0 aliphatic heterocycles. The highest BCUT2D eigenvalue weighted by atomic mass is 32.2. The van der Waals surface area contributed by atoms with Gasteiger partial charge < -0.3 is 0 Å². The summed E-state index contributed by atoms with van der Waals surface area (Å²) in [7, 11) is -0.0517. The number of nitrogens with zero attached hydrogens (tertiary/aromatic N) is 2. The zero-order valence-corrected chi connectivity index (χ0v) is 4.62. The van der Waals surface area contributed by atoms with Crippen molar-refractivity contribution in [1.82, 2.24) is 0 Å². The molecular weight excluding hydrogens is 96.1 g/mol. The van der Waals surface area contributed by atoms with Crippen molar-refractivity contribution in [2.75, 3.05) is 12.5 Å². The van der Waals surface area contributed by atoms with E-state index in [0.29, 0.717) is 0 Å². The average molecular weight is 102 g/mol. The van der Waals surface area contributed by atoms with Gasteiger partial charge in [-0.25, -0.2) is 0 Å². The molecule has 0 aromatic carbocycles. The lowest BCUT2D eigenvalue weighted by Gasteiger charge is -1.74. The second kappa shape index (κ2) is 2.86. The molecule has 0 fully saturated rings. The van der Waals surface area contributed by atoms with Gasteiger partial charge in [-0.1, -0.05) is 10.7 Å². The van der Waals surface area contributed by atoms with Crippen molar-refractivity contribution in [3.8, 4) is 6.19 Å². The fourth-order valence-corrected chi connectivity index (χ4v) is 0.245. The highest BCUT2D eigenvalue weighted by Gasteiger charge is 1.64. The summed E-state index contributed by atoms with van der Waals surface area (Å²) in [5.74, 6) is 0. The van der Waals surface area contributed by atoms with Crippen molar-refractivity contribution in [3.63, 3.8) is 0 Å². The largest absolute Gasteiger partial charge is 0.212 e. The lowest BCUT2D eigenvalue weighted by Crippen LogP contribution is -1.72. The summed E-state index contributed by atoms with van der Waals surface area (Å²) >= 11 is 0. The molecule has 3 heteroatoms. The highest BCUT2D eigenvalue weighted by Crippen LogP contribution is 1.68. The Labute approximate surface area is 39.9 Å². The summed E-state index contributed by atoms with van der Waals surface area (Å²) in [5, 5.41) is 7.83. The normalized spacial score (nSPS) is 7.67. The van der Waals surface area contributed by atoms with Crippen molar-refractivity contribution < 1.29 is 0 Å². The van der Waals surface area contributed by atoms with Crippen molar-refractivity contribution in [2.45, 2.75) is 0 Å². The fraction of sp³-hybridized carbons (Fsp3) is 0.667. The van der Waals surface area contributed by atoms with E-state index in [1.165, 1.54) is 0 Å². The maximum atomic E-state index is 7.83. The van der Waals surface area contributed by atoms with Crippen LogP contribution in [0.15, 0.2) is 4.36 Å². The van der Waals surface area contributed by atoms with Crippen molar-refractivity contribution in [3.05, 3.63) is 0 Å². The minimum atomic E-state index is -0.0517. The predicted octanol–water partition coefficient (Wildman–Crippen LogP) is 0.529. The molecule has 2 nitrogen and oxygen atoms in total. The van der Waals surface area contributed by atoms with Gasteiger partial charge in [0.2, 0.25) is 6.19 Å². The molecule has 0 aliphatic rings. The van der Waals surface area contributed by atoms with E-state index in [-0.39, 0.29) is 10.7 Å². The Kier molecular flexibility index (Phi) is 2.68. The van der Waals surface area contributed by atoms with Crippen LogP contribution in [0.3, 0.4) is 0 Å². The van der Waals surface area contributed by atoms with E-state index < -0.39 is 0 Å². The van der Waals surface area contributed by atoms with Gasteiger partial charge in [0.25, 0.3) is 0 Å². The number of hydrogen-bond acceptors (Lipinski definition) is 2. The first kappa shape index (κ1) is 5.64. The maximum Gasteiger partial charge on any atom is 0.212 e. The Morgan fingerprint density at radius 3 is 2.17 bits per heavy atom. The van der Waals surface area contributed by atoms with Crippen LogP contribution in [0.25, 0.3) is 0 Å². The summed E-state index contributed by atoms with van der Waals surface area (Å²) < 4.78 is 3.46. The van der Waals surface area contributed by atoms with E-state index in [1.54, 1.807) is 6.19 Å². The molecule has 0 aromatic rings. The van der Waals surface area contributed by atoms with Crippen LogP contribution in [0, 0.1) is 11.5 Å². The van der Waals surface area contributed by atoms with Crippen LogP contribution in [0.4, 0.5) is 0 Å². The monoisotopic (exact) mass is 102 g/mol. The van der Waals surface area contributed by atoms with Gasteiger partial charge >= 0.3 is 0 Å². The molecule has 0 saturated heterocycles. The van der Waals surface area contributed by atoms with E-state index in [4.69, 9.17) is 5.26 Å². The molecule has 0 bridgehead atoms. The quantitative estimate of drug-likeness (QED) is 0.411. The SMILES string of the molecule is CS(C)=NC#N. The zero-order valence-electron chi connectivity index (χ0n) is 3.80. The summed E-state index contributed by atoms with van der Waals surface area (Å²) in [5.41, 5.74) is 0. The van der Waals surface area contributed by atoms with Crippen molar-refractivity contribution >= 4 is 10.7 Å². The Hall–Kier alpha value is -0.360. The smallest absolute Gasteiger partial charge is 0.170 e. The topological polar surface area (TPSA) is 36.1 Å². The first-order valence-electron chi connectivity index (χ1n) is 1.45. The van der Waals surface area contributed by atoms with Gasteiger partial charge in [0, 0.05) is 0 Å². The van der Waals surface area contributed by atoms with Crippen molar-refractivity contribution in [1.29, 1.82) is 5.26 Å². The molecule has 0 saturated carbocycles. The highest BCUT2D eigenvalue weighted by molar-refractivity contribution is 7.85. The van der Waals surface area contributed by atoms with Gasteiger partial charge in [0.15, 0.2) is 0 Å². The summed E-state index contributed by atoms with van der Waals surface area (Å²) in [6.45, 7) is 0. The van der Waals surface area contributed by atoms with Crippen LogP contribution >= 0.6 is 0 Å². The second-order valence-electron chi connectivity index (χ2n) is 0.965. The van der Waals surface area contributed by atoms with Gasteiger partial charge in [-0.05, 0) is 12.5 Å². The van der Waals surface area contributed by atoms with E-state index in [1.807, 2.05) is 12.5 Å². The third-order valence-electron chi connectivity index (χ3n) is 0.223. The lowest BCUT2D eigenvalue weighted by molar-refractivity contribution is 1.46. The van der Waals surface area contributed by atoms with Gasteiger partial charge in [-0.2, -0.15) is 9.62 Å². The second-order valence-corrected chi connectivity index (χ2v) is 2.69. The van der Waals surface area contributed by atoms with Crippen LogP contribution in [0.5, 0.6) is 0 Å². The Bertz CT molecular complexity index is 95.9. The predicted molar refractivity (Wildman–Crippen MR) is 27.3 cm³/mol. The Morgan fingerprint density at radius 1 is 1.67 bits per heavy atom. The van der Waals surface area contributed by atoms with Gasteiger partial charge in [-0.3, -0.25) is 0 Å². The summed E-state index contributed by atoms with van der Waals surface area (Å²) in [4.78, 5) is 0. The first-order valence-corrected chi connectivity index (χ1v) is 3.44. The molecule has 0 aromatic heterocycles. The molecule has 0 spiro atoms. The molecule has 0 N–H and O–H groups in total. The van der Waals surface area contributed by atoms with E-state index in [0.717, 1.165) is 0 Å². The zero-order chi connectivity index (χ0) is 4.99. The van der Waals surface area contributed by atoms with E-state index >= 15 is 0 Å². The van der Waals surface area contributed by atoms with Gasteiger partial charge in [-0.15, -0.1) is 0 Å². The van der Waals surface area contributed by atoms with Gasteiger partial charge in [0.1, 0.15) is 0 Å². The summed E-state index contributed by atoms with van der Waals surface area (Å²) in [6, 6.07) is 0. The molecule has 0 atom stereocenters. The van der Waals surface area contributed by atoms with Crippen LogP contribution in [0.1, 0.15) is 0 Å². The number of hydrogen-bond donors (Lipinski definition) is 0. The van der Waals surface area contributed by atoms with Crippen LogP contribution in [-0.4, -0.2) is 12.5 Å². The third-order valence-corrected chi connectivity index (χ3v) is 0.670. The Balaban J connectivity index is 3.51. The molecule has 0 rings (SSSR count). The third kappa shape index (κ3) is 3.64. The summed E-state index contributed by atoms with van der Waals surface area (Å²) in [6.07, 6.45) is 5.49. The first-order chi connectivity index (χ1) is 2.77. The fourth-order valence-electron chi connectivity index (χ4n) is 0.0816. The van der Waals surface area contributed by atoms with Gasteiger partial charge in [0.05, 0.1) is 0 Å². The minimum Gasteiger partial charge on any atom is -0.170 e. The average Bonchev–Trinajstić information content (AvgIpc) is 1.35. The Morgan fingerprint density at radius 2 is 2.17 bits per heavy atom. The molecule has 0 unspecified atom stereocenters. The molecule has 0 radical (unpaired) electrons. The molecule has 6 heavy (non-hydrogen) atoms. The van der Waals surface area contributed by atoms with Crippen LogP contribution < -0.4 is 0 Å². The molecule has 34 valence electrons.